The highest BCUT2D eigenvalue weighted by Gasteiger charge is 2.23. The topological polar surface area (TPSA) is 119 Å². The van der Waals surface area contributed by atoms with Crippen molar-refractivity contribution >= 4 is 17.3 Å². The van der Waals surface area contributed by atoms with Gasteiger partial charge in [0.15, 0.2) is 11.6 Å². The van der Waals surface area contributed by atoms with E-state index in [1.165, 1.54) is 18.2 Å². The molecular formula is C12H11N3O5. The Morgan fingerprint density at radius 1 is 1.45 bits per heavy atom. The lowest BCUT2D eigenvalue weighted by molar-refractivity contribution is -0.384. The van der Waals surface area contributed by atoms with E-state index < -0.39 is 22.3 Å². The largest absolute Gasteiger partial charge is 0.505 e. The van der Waals surface area contributed by atoms with E-state index in [-0.39, 0.29) is 11.4 Å². The molecule has 20 heavy (non-hydrogen) atoms. The molecule has 8 heteroatoms. The van der Waals surface area contributed by atoms with Crippen molar-refractivity contribution in [3.8, 4) is 5.75 Å². The number of phenols is 1. The van der Waals surface area contributed by atoms with Gasteiger partial charge in [0.25, 0.3) is 11.6 Å². The molecule has 0 saturated heterocycles. The highest BCUT2D eigenvalue weighted by atomic mass is 16.6. The lowest BCUT2D eigenvalue weighted by atomic mass is 10.2. The number of nitrogens with zero attached hydrogens (tertiary/aromatic N) is 2. The zero-order valence-electron chi connectivity index (χ0n) is 10.7. The van der Waals surface area contributed by atoms with E-state index in [4.69, 9.17) is 4.42 Å². The van der Waals surface area contributed by atoms with Gasteiger partial charge < -0.3 is 14.8 Å². The molecule has 0 unspecified atom stereocenters. The number of phenolic OH excluding ortho intramolecular Hbond substituents is 1. The monoisotopic (exact) mass is 277 g/mol. The van der Waals surface area contributed by atoms with Gasteiger partial charge in [-0.25, -0.2) is 4.98 Å². The number of nitro groups is 1. The first kappa shape index (κ1) is 13.5. The minimum atomic E-state index is -0.715. The van der Waals surface area contributed by atoms with Gasteiger partial charge >= 0.3 is 0 Å². The molecule has 0 atom stereocenters. The Balaban J connectivity index is 2.37. The Labute approximate surface area is 113 Å². The van der Waals surface area contributed by atoms with Crippen LogP contribution in [0.3, 0.4) is 0 Å². The van der Waals surface area contributed by atoms with E-state index in [1.54, 1.807) is 13.8 Å². The number of carbonyl (C=O) groups is 1. The fourth-order valence-corrected chi connectivity index (χ4v) is 1.72. The van der Waals surface area contributed by atoms with Crippen LogP contribution in [-0.2, 0) is 0 Å². The Bertz CT molecular complexity index is 692. The first-order valence-electron chi connectivity index (χ1n) is 5.62. The Hall–Kier alpha value is -2.90. The number of carbonyl (C=O) groups excluding carboxylic acids is 1. The minimum absolute atomic E-state index is 0.0555. The van der Waals surface area contributed by atoms with Gasteiger partial charge in [0, 0.05) is 13.0 Å². The number of aryl methyl sites for hydroxylation is 2. The van der Waals surface area contributed by atoms with Crippen LogP contribution in [0.2, 0.25) is 0 Å². The van der Waals surface area contributed by atoms with Crippen LogP contribution in [0.15, 0.2) is 22.6 Å². The minimum Gasteiger partial charge on any atom is -0.505 e. The maximum atomic E-state index is 12.0. The molecule has 0 fully saturated rings. The molecule has 104 valence electrons. The summed E-state index contributed by atoms with van der Waals surface area (Å²) in [5.41, 5.74) is -0.332. The van der Waals surface area contributed by atoms with Gasteiger partial charge in [0.2, 0.25) is 5.76 Å². The Kier molecular flexibility index (Phi) is 3.38. The number of hydrogen-bond donors (Lipinski definition) is 2. The summed E-state index contributed by atoms with van der Waals surface area (Å²) in [5, 5.41) is 22.8. The zero-order valence-corrected chi connectivity index (χ0v) is 10.7. The summed E-state index contributed by atoms with van der Waals surface area (Å²) in [6.45, 7) is 3.15. The van der Waals surface area contributed by atoms with Crippen molar-refractivity contribution in [3.63, 3.8) is 0 Å². The number of hydrogen-bond acceptors (Lipinski definition) is 6. The predicted octanol–water partition coefficient (Wildman–Crippen LogP) is 2.16. The quantitative estimate of drug-likeness (QED) is 0.504. The molecule has 0 aliphatic heterocycles. The maximum absolute atomic E-state index is 12.0. The lowest BCUT2D eigenvalue weighted by Gasteiger charge is -2.06. The van der Waals surface area contributed by atoms with Gasteiger partial charge in [-0.15, -0.1) is 0 Å². The molecular weight excluding hydrogens is 266 g/mol. The standard InChI is InChI=1S/C12H11N3O5/c1-6-11(20-7(2)13-6)12(17)14-10-8(15(18)19)4-3-5-9(10)16/h3-5,16H,1-2H3,(H,14,17). The molecule has 8 nitrogen and oxygen atoms in total. The molecule has 1 amide bonds. The number of amides is 1. The summed E-state index contributed by atoms with van der Waals surface area (Å²) in [6, 6.07) is 3.72. The number of rotatable bonds is 3. The maximum Gasteiger partial charge on any atom is 0.296 e. The molecule has 2 N–H and O–H groups in total. The van der Waals surface area contributed by atoms with Gasteiger partial charge in [-0.05, 0) is 13.0 Å². The van der Waals surface area contributed by atoms with Crippen molar-refractivity contribution < 1.29 is 19.2 Å². The van der Waals surface area contributed by atoms with Crippen LogP contribution in [-0.4, -0.2) is 20.9 Å². The van der Waals surface area contributed by atoms with Gasteiger partial charge in [-0.1, -0.05) is 6.07 Å². The van der Waals surface area contributed by atoms with Crippen molar-refractivity contribution in [2.45, 2.75) is 13.8 Å². The van der Waals surface area contributed by atoms with Gasteiger partial charge in [-0.3, -0.25) is 14.9 Å². The summed E-state index contributed by atoms with van der Waals surface area (Å²) in [6.07, 6.45) is 0. The van der Waals surface area contributed by atoms with Gasteiger partial charge in [0.05, 0.1) is 10.6 Å². The third kappa shape index (κ3) is 2.44. The predicted molar refractivity (Wildman–Crippen MR) is 68.7 cm³/mol. The second-order valence-electron chi connectivity index (χ2n) is 4.03. The first-order valence-corrected chi connectivity index (χ1v) is 5.62. The van der Waals surface area contributed by atoms with Crippen molar-refractivity contribution in [1.82, 2.24) is 4.98 Å². The molecule has 1 aromatic heterocycles. The average molecular weight is 277 g/mol. The van der Waals surface area contributed by atoms with E-state index in [0.717, 1.165) is 0 Å². The van der Waals surface area contributed by atoms with E-state index in [9.17, 15) is 20.0 Å². The number of aromatic hydroxyl groups is 1. The number of oxazole rings is 1. The van der Waals surface area contributed by atoms with Crippen LogP contribution in [0.4, 0.5) is 11.4 Å². The summed E-state index contributed by atoms with van der Waals surface area (Å²) >= 11 is 0. The normalized spacial score (nSPS) is 10.3. The second kappa shape index (κ2) is 5.00. The third-order valence-corrected chi connectivity index (χ3v) is 2.57. The number of benzene rings is 1. The molecule has 0 aliphatic rings. The van der Waals surface area contributed by atoms with Crippen LogP contribution < -0.4 is 5.32 Å². The molecule has 2 rings (SSSR count). The molecule has 1 heterocycles. The van der Waals surface area contributed by atoms with Crippen LogP contribution in [0, 0.1) is 24.0 Å². The van der Waals surface area contributed by atoms with Crippen molar-refractivity contribution in [2.24, 2.45) is 0 Å². The molecule has 0 radical (unpaired) electrons. The smallest absolute Gasteiger partial charge is 0.296 e. The lowest BCUT2D eigenvalue weighted by Crippen LogP contribution is -2.13. The third-order valence-electron chi connectivity index (χ3n) is 2.57. The van der Waals surface area contributed by atoms with Gasteiger partial charge in [-0.2, -0.15) is 0 Å². The molecule has 2 aromatic rings. The summed E-state index contributed by atoms with van der Waals surface area (Å²) in [7, 11) is 0. The van der Waals surface area contributed by atoms with Crippen molar-refractivity contribution in [3.05, 3.63) is 45.7 Å². The Morgan fingerprint density at radius 2 is 2.15 bits per heavy atom. The molecule has 0 spiro atoms. The van der Waals surface area contributed by atoms with Crippen LogP contribution in [0.25, 0.3) is 0 Å². The number of nitrogens with one attached hydrogen (secondary N) is 1. The average Bonchev–Trinajstić information content (AvgIpc) is 2.70. The van der Waals surface area contributed by atoms with Crippen LogP contribution in [0.1, 0.15) is 22.1 Å². The highest BCUT2D eigenvalue weighted by molar-refractivity contribution is 6.05. The summed E-state index contributed by atoms with van der Waals surface area (Å²) < 4.78 is 5.11. The van der Waals surface area contributed by atoms with Crippen molar-refractivity contribution in [2.75, 3.05) is 5.32 Å². The van der Waals surface area contributed by atoms with Crippen LogP contribution in [0.5, 0.6) is 5.75 Å². The Morgan fingerprint density at radius 3 is 2.70 bits per heavy atom. The number of aromatic nitrogens is 1. The highest BCUT2D eigenvalue weighted by Crippen LogP contribution is 2.33. The van der Waals surface area contributed by atoms with E-state index in [1.807, 2.05) is 0 Å². The molecule has 0 bridgehead atoms. The van der Waals surface area contributed by atoms with Crippen molar-refractivity contribution in [1.29, 1.82) is 0 Å². The van der Waals surface area contributed by atoms with E-state index in [2.05, 4.69) is 10.3 Å². The van der Waals surface area contributed by atoms with E-state index in [0.29, 0.717) is 11.6 Å². The molecule has 1 aromatic carbocycles. The number of para-hydroxylation sites is 1. The van der Waals surface area contributed by atoms with Crippen LogP contribution >= 0.6 is 0 Å². The second-order valence-corrected chi connectivity index (χ2v) is 4.03. The molecule has 0 aliphatic carbocycles. The zero-order chi connectivity index (χ0) is 14.9. The van der Waals surface area contributed by atoms with Gasteiger partial charge in [0.1, 0.15) is 5.75 Å². The fraction of sp³-hybridized carbons (Fsp3) is 0.167. The number of anilines is 1. The molecule has 0 saturated carbocycles. The SMILES string of the molecule is Cc1nc(C)c(C(=O)Nc2c(O)cccc2[N+](=O)[O-])o1. The first-order chi connectivity index (χ1) is 9.40. The number of nitro benzene ring substituents is 1. The fourth-order valence-electron chi connectivity index (χ4n) is 1.72. The van der Waals surface area contributed by atoms with E-state index >= 15 is 0 Å². The summed E-state index contributed by atoms with van der Waals surface area (Å²) in [5.74, 6) is -0.867. The summed E-state index contributed by atoms with van der Waals surface area (Å²) in [4.78, 5) is 26.1.